The predicted octanol–water partition coefficient (Wildman–Crippen LogP) is 3.10. The van der Waals surface area contributed by atoms with Crippen molar-refractivity contribution in [3.63, 3.8) is 0 Å². The molecule has 0 spiro atoms. The average Bonchev–Trinajstić information content (AvgIpc) is 3.36. The maximum Gasteiger partial charge on any atom is 0.191 e. The minimum atomic E-state index is 0.315. The van der Waals surface area contributed by atoms with Gasteiger partial charge < -0.3 is 20.1 Å². The van der Waals surface area contributed by atoms with E-state index in [-0.39, 0.29) is 0 Å². The van der Waals surface area contributed by atoms with Crippen LogP contribution in [-0.2, 0) is 28.7 Å². The summed E-state index contributed by atoms with van der Waals surface area (Å²) < 4.78 is 11.3. The Balaban J connectivity index is 1.28. The third-order valence-electron chi connectivity index (χ3n) is 5.14. The van der Waals surface area contributed by atoms with Crippen LogP contribution in [0.4, 0.5) is 0 Å². The van der Waals surface area contributed by atoms with E-state index in [1.807, 2.05) is 11.3 Å². The van der Waals surface area contributed by atoms with Crippen molar-refractivity contribution in [2.75, 3.05) is 39.5 Å². The fraction of sp³-hybridized carbons (Fsp3) is 0.810. The molecule has 1 unspecified atom stereocenters. The monoisotopic (exact) mass is 408 g/mol. The van der Waals surface area contributed by atoms with Gasteiger partial charge in [-0.15, -0.1) is 11.3 Å². The molecule has 7 heteroatoms. The second-order valence-corrected chi connectivity index (χ2v) is 8.71. The number of nitrogens with one attached hydrogen (secondary N) is 2. The fourth-order valence-electron chi connectivity index (χ4n) is 3.65. The number of aromatic nitrogens is 1. The first-order valence-electron chi connectivity index (χ1n) is 11.0. The number of fused-ring (bicyclic) bond motifs is 1. The molecular formula is C21H36N4O2S. The molecule has 1 aromatic heterocycles. The third-order valence-corrected chi connectivity index (χ3v) is 6.36. The lowest BCUT2D eigenvalue weighted by atomic mass is 10.0. The lowest BCUT2D eigenvalue weighted by Gasteiger charge is -2.12. The lowest BCUT2D eigenvalue weighted by Crippen LogP contribution is -2.38. The summed E-state index contributed by atoms with van der Waals surface area (Å²) in [5.74, 6) is 0.903. The Labute approximate surface area is 173 Å². The van der Waals surface area contributed by atoms with Gasteiger partial charge in [-0.25, -0.2) is 4.98 Å². The molecule has 0 radical (unpaired) electrons. The first kappa shape index (κ1) is 21.5. The number of hydrogen-bond donors (Lipinski definition) is 2. The number of nitrogens with zero attached hydrogens (tertiary/aromatic N) is 2. The van der Waals surface area contributed by atoms with Crippen molar-refractivity contribution in [1.29, 1.82) is 0 Å². The Kier molecular flexibility index (Phi) is 9.53. The molecule has 1 saturated heterocycles. The molecule has 6 nitrogen and oxygen atoms in total. The van der Waals surface area contributed by atoms with Crippen molar-refractivity contribution in [1.82, 2.24) is 15.6 Å². The van der Waals surface area contributed by atoms with Gasteiger partial charge in [0.1, 0.15) is 0 Å². The summed E-state index contributed by atoms with van der Waals surface area (Å²) in [5, 5.41) is 8.02. The minimum Gasteiger partial charge on any atom is -0.379 e. The zero-order valence-corrected chi connectivity index (χ0v) is 18.1. The zero-order valence-electron chi connectivity index (χ0n) is 17.3. The van der Waals surface area contributed by atoms with Crippen molar-refractivity contribution >= 4 is 17.3 Å². The van der Waals surface area contributed by atoms with Crippen LogP contribution in [0.5, 0.6) is 0 Å². The number of aliphatic imine (C=N–C) groups is 1. The number of guanidine groups is 1. The Bertz CT molecular complexity index is 576. The standard InChI is InChI=1S/C21H36N4O2S/c1-2-22-21(24-13-7-14-26-16-17-8-6-15-27-17)23-12-5-11-20-25-18-9-3-4-10-19(18)28-20/h17H,2-16H2,1H3,(H2,22,23,24). The van der Waals surface area contributed by atoms with Crippen LogP contribution >= 0.6 is 11.3 Å². The molecule has 0 saturated carbocycles. The van der Waals surface area contributed by atoms with E-state index >= 15 is 0 Å². The van der Waals surface area contributed by atoms with Crippen LogP contribution in [0.3, 0.4) is 0 Å². The fourth-order valence-corrected chi connectivity index (χ4v) is 4.85. The highest BCUT2D eigenvalue weighted by Crippen LogP contribution is 2.27. The van der Waals surface area contributed by atoms with Gasteiger partial charge >= 0.3 is 0 Å². The van der Waals surface area contributed by atoms with E-state index in [0.29, 0.717) is 6.10 Å². The molecule has 1 aromatic rings. The summed E-state index contributed by atoms with van der Waals surface area (Å²) in [4.78, 5) is 11.1. The molecule has 0 bridgehead atoms. The van der Waals surface area contributed by atoms with Crippen molar-refractivity contribution < 1.29 is 9.47 Å². The second kappa shape index (κ2) is 12.4. The Hall–Kier alpha value is -1.18. The van der Waals surface area contributed by atoms with E-state index in [1.165, 1.54) is 47.7 Å². The van der Waals surface area contributed by atoms with Crippen LogP contribution in [0.2, 0.25) is 0 Å². The quantitative estimate of drug-likeness (QED) is 0.335. The Morgan fingerprint density at radius 2 is 2.18 bits per heavy atom. The molecular weight excluding hydrogens is 372 g/mol. The molecule has 1 fully saturated rings. The normalized spacial score (nSPS) is 19.6. The van der Waals surface area contributed by atoms with Crippen LogP contribution < -0.4 is 10.6 Å². The van der Waals surface area contributed by atoms with E-state index in [4.69, 9.17) is 19.5 Å². The lowest BCUT2D eigenvalue weighted by molar-refractivity contribution is 0.0168. The van der Waals surface area contributed by atoms with E-state index in [0.717, 1.165) is 71.1 Å². The molecule has 0 amide bonds. The van der Waals surface area contributed by atoms with Gasteiger partial charge in [-0.05, 0) is 58.3 Å². The van der Waals surface area contributed by atoms with Crippen LogP contribution in [0, 0.1) is 0 Å². The topological polar surface area (TPSA) is 67.8 Å². The largest absolute Gasteiger partial charge is 0.379 e. The van der Waals surface area contributed by atoms with Gasteiger partial charge in [0, 0.05) is 44.1 Å². The van der Waals surface area contributed by atoms with E-state index in [1.54, 1.807) is 0 Å². The third kappa shape index (κ3) is 7.33. The van der Waals surface area contributed by atoms with Gasteiger partial charge in [-0.3, -0.25) is 4.99 Å². The van der Waals surface area contributed by atoms with Gasteiger partial charge in [0.25, 0.3) is 0 Å². The summed E-state index contributed by atoms with van der Waals surface area (Å²) >= 11 is 1.92. The van der Waals surface area contributed by atoms with Crippen molar-refractivity contribution in [3.05, 3.63) is 15.6 Å². The molecule has 2 aliphatic rings. The molecule has 0 aromatic carbocycles. The van der Waals surface area contributed by atoms with E-state index in [2.05, 4.69) is 17.6 Å². The highest BCUT2D eigenvalue weighted by molar-refractivity contribution is 7.11. The first-order valence-corrected chi connectivity index (χ1v) is 11.9. The summed E-state index contributed by atoms with van der Waals surface area (Å²) in [6.07, 6.45) is 10.7. The molecule has 1 atom stereocenters. The van der Waals surface area contributed by atoms with E-state index < -0.39 is 0 Å². The van der Waals surface area contributed by atoms with Crippen LogP contribution in [0.1, 0.15) is 61.0 Å². The van der Waals surface area contributed by atoms with Gasteiger partial charge in [0.2, 0.25) is 0 Å². The Morgan fingerprint density at radius 1 is 1.25 bits per heavy atom. The molecule has 3 rings (SSSR count). The summed E-state index contributed by atoms with van der Waals surface area (Å²) in [6.45, 7) is 7.06. The molecule has 28 heavy (non-hydrogen) atoms. The summed E-state index contributed by atoms with van der Waals surface area (Å²) in [7, 11) is 0. The molecule has 158 valence electrons. The maximum atomic E-state index is 5.71. The van der Waals surface area contributed by atoms with Gasteiger partial charge in [0.05, 0.1) is 23.4 Å². The average molecular weight is 409 g/mol. The van der Waals surface area contributed by atoms with Crippen molar-refractivity contribution in [2.45, 2.75) is 70.8 Å². The van der Waals surface area contributed by atoms with Gasteiger partial charge in [-0.1, -0.05) is 0 Å². The minimum absolute atomic E-state index is 0.315. The number of rotatable bonds is 11. The molecule has 2 heterocycles. The van der Waals surface area contributed by atoms with Crippen molar-refractivity contribution in [2.24, 2.45) is 4.99 Å². The predicted molar refractivity (Wildman–Crippen MR) is 115 cm³/mol. The number of ether oxygens (including phenoxy) is 2. The maximum absolute atomic E-state index is 5.71. The van der Waals surface area contributed by atoms with Crippen LogP contribution in [0.25, 0.3) is 0 Å². The van der Waals surface area contributed by atoms with E-state index in [9.17, 15) is 0 Å². The number of aryl methyl sites for hydroxylation is 3. The highest BCUT2D eigenvalue weighted by Gasteiger charge is 2.15. The molecule has 2 N–H and O–H groups in total. The molecule has 1 aliphatic heterocycles. The second-order valence-electron chi connectivity index (χ2n) is 7.54. The Morgan fingerprint density at radius 3 is 3.00 bits per heavy atom. The smallest absolute Gasteiger partial charge is 0.191 e. The number of thiazole rings is 1. The number of hydrogen-bond acceptors (Lipinski definition) is 5. The highest BCUT2D eigenvalue weighted by atomic mass is 32.1. The zero-order chi connectivity index (χ0) is 19.4. The summed E-state index contributed by atoms with van der Waals surface area (Å²) in [5.41, 5.74) is 1.37. The summed E-state index contributed by atoms with van der Waals surface area (Å²) in [6, 6.07) is 0. The SMILES string of the molecule is CCNC(=NCCCc1nc2c(s1)CCCC2)NCCCOCC1CCCO1. The van der Waals surface area contributed by atoms with Crippen LogP contribution in [-0.4, -0.2) is 56.5 Å². The van der Waals surface area contributed by atoms with Gasteiger partial charge in [-0.2, -0.15) is 0 Å². The first-order chi connectivity index (χ1) is 13.8. The van der Waals surface area contributed by atoms with Crippen LogP contribution in [0.15, 0.2) is 4.99 Å². The van der Waals surface area contributed by atoms with Crippen molar-refractivity contribution in [3.8, 4) is 0 Å². The van der Waals surface area contributed by atoms with Gasteiger partial charge in [0.15, 0.2) is 5.96 Å². The molecule has 1 aliphatic carbocycles.